The Kier molecular flexibility index (Phi) is 6.78. The average Bonchev–Trinajstić information content (AvgIpc) is 3.19. The van der Waals surface area contributed by atoms with Gasteiger partial charge in [-0.25, -0.2) is 13.2 Å². The van der Waals surface area contributed by atoms with Crippen molar-refractivity contribution in [1.29, 1.82) is 0 Å². The van der Waals surface area contributed by atoms with Gasteiger partial charge in [0.15, 0.2) is 6.61 Å². The van der Waals surface area contributed by atoms with Gasteiger partial charge in [-0.3, -0.25) is 19.3 Å². The van der Waals surface area contributed by atoms with E-state index in [1.54, 1.807) is 39.0 Å². The van der Waals surface area contributed by atoms with Gasteiger partial charge >= 0.3 is 11.9 Å². The highest BCUT2D eigenvalue weighted by Gasteiger charge is 2.30. The quantitative estimate of drug-likeness (QED) is 0.449. The number of hydrogen-bond acceptors (Lipinski definition) is 8. The van der Waals surface area contributed by atoms with E-state index in [0.29, 0.717) is 16.8 Å². The Balaban J connectivity index is 1.57. The number of carbonyl (C=O) groups is 3. The molecule has 2 heterocycles. The van der Waals surface area contributed by atoms with Crippen LogP contribution in [-0.2, 0) is 24.3 Å². The normalized spacial score (nSPS) is 15.2. The molecule has 3 rings (SSSR count). The Labute approximate surface area is 185 Å². The highest BCUT2D eigenvalue weighted by Crippen LogP contribution is 2.22. The van der Waals surface area contributed by atoms with E-state index in [4.69, 9.17) is 9.47 Å². The second kappa shape index (κ2) is 9.35. The molecule has 11 heteroatoms. The van der Waals surface area contributed by atoms with Gasteiger partial charge in [-0.1, -0.05) is 12.1 Å². The number of esters is 2. The van der Waals surface area contributed by atoms with Gasteiger partial charge in [-0.15, -0.1) is 0 Å². The predicted molar refractivity (Wildman–Crippen MR) is 114 cm³/mol. The number of aryl methyl sites for hydroxylation is 1. The van der Waals surface area contributed by atoms with Crippen LogP contribution in [0.2, 0.25) is 0 Å². The first-order valence-corrected chi connectivity index (χ1v) is 11.4. The lowest BCUT2D eigenvalue weighted by atomic mass is 10.1. The van der Waals surface area contributed by atoms with Crippen molar-refractivity contribution in [3.63, 3.8) is 0 Å². The number of aliphatic imine (C=N–C) groups is 1. The monoisotopic (exact) mass is 461 g/mol. The van der Waals surface area contributed by atoms with Crippen LogP contribution in [0, 0.1) is 13.8 Å². The fourth-order valence-electron chi connectivity index (χ4n) is 3.38. The molecule has 10 nitrogen and oxygen atoms in total. The molecule has 0 atom stereocenters. The van der Waals surface area contributed by atoms with Crippen molar-refractivity contribution in [2.45, 2.75) is 32.1 Å². The van der Waals surface area contributed by atoms with E-state index in [1.165, 1.54) is 6.07 Å². The summed E-state index contributed by atoms with van der Waals surface area (Å²) < 4.78 is 36.4. The molecule has 0 radical (unpaired) electrons. The molecule has 170 valence electrons. The summed E-state index contributed by atoms with van der Waals surface area (Å²) in [5, 5.41) is 0. The number of hydrogen-bond donors (Lipinski definition) is 2. The minimum Gasteiger partial charge on any atom is -0.461 e. The molecule has 0 spiro atoms. The Morgan fingerprint density at radius 3 is 2.53 bits per heavy atom. The van der Waals surface area contributed by atoms with Crippen molar-refractivity contribution in [1.82, 2.24) is 9.71 Å². The topological polar surface area (TPSA) is 144 Å². The van der Waals surface area contributed by atoms with Crippen molar-refractivity contribution in [3.8, 4) is 0 Å². The maximum atomic E-state index is 12.5. The fraction of sp³-hybridized carbons (Fsp3) is 0.333. The first kappa shape index (κ1) is 23.2. The minimum atomic E-state index is -3.65. The molecule has 0 saturated heterocycles. The van der Waals surface area contributed by atoms with Crippen molar-refractivity contribution in [2.24, 2.45) is 4.99 Å². The summed E-state index contributed by atoms with van der Waals surface area (Å²) in [6, 6.07) is 6.39. The molecule has 1 aromatic heterocycles. The number of fused-ring (bicyclic) bond motifs is 1. The summed E-state index contributed by atoms with van der Waals surface area (Å²) in [5.74, 6) is -1.51. The molecule has 32 heavy (non-hydrogen) atoms. The minimum absolute atomic E-state index is 0.0194. The number of rotatable bonds is 8. The molecular formula is C21H23N3O7S. The van der Waals surface area contributed by atoms with Gasteiger partial charge in [0.05, 0.1) is 24.5 Å². The Morgan fingerprint density at radius 2 is 1.81 bits per heavy atom. The molecule has 0 bridgehead atoms. The van der Waals surface area contributed by atoms with Crippen LogP contribution in [0.1, 0.15) is 51.0 Å². The molecule has 1 aliphatic rings. The average molecular weight is 461 g/mol. The van der Waals surface area contributed by atoms with Crippen LogP contribution in [-0.4, -0.2) is 56.7 Å². The van der Waals surface area contributed by atoms with Crippen LogP contribution in [0.4, 0.5) is 0 Å². The van der Waals surface area contributed by atoms with Gasteiger partial charge in [-0.2, -0.15) is 0 Å². The number of aromatic nitrogens is 1. The number of H-pyrrole nitrogens is 1. The molecule has 2 aromatic rings. The number of sulfonamides is 1. The van der Waals surface area contributed by atoms with Gasteiger partial charge < -0.3 is 14.5 Å². The van der Waals surface area contributed by atoms with E-state index < -0.39 is 34.4 Å². The number of nitrogens with zero attached hydrogens (tertiary/aromatic N) is 1. The van der Waals surface area contributed by atoms with E-state index in [2.05, 4.69) is 14.7 Å². The van der Waals surface area contributed by atoms with Crippen molar-refractivity contribution in [2.75, 3.05) is 19.8 Å². The molecule has 0 unspecified atom stereocenters. The van der Waals surface area contributed by atoms with Crippen molar-refractivity contribution < 1.29 is 32.3 Å². The summed E-state index contributed by atoms with van der Waals surface area (Å²) in [6.07, 6.45) is -0.139. The van der Waals surface area contributed by atoms with Crippen LogP contribution in [0.15, 0.2) is 34.2 Å². The van der Waals surface area contributed by atoms with E-state index in [9.17, 15) is 22.8 Å². The molecule has 2 N–H and O–H groups in total. The van der Waals surface area contributed by atoms with Crippen LogP contribution in [0.25, 0.3) is 0 Å². The zero-order valence-corrected chi connectivity index (χ0v) is 18.7. The smallest absolute Gasteiger partial charge is 0.355 e. The van der Waals surface area contributed by atoms with Crippen LogP contribution >= 0.6 is 0 Å². The number of aromatic amines is 1. The lowest BCUT2D eigenvalue weighted by Crippen LogP contribution is -2.23. The maximum absolute atomic E-state index is 12.5. The summed E-state index contributed by atoms with van der Waals surface area (Å²) in [7, 11) is -3.65. The van der Waals surface area contributed by atoms with Gasteiger partial charge in [0, 0.05) is 16.8 Å². The SMILES string of the molecule is CCOC(=O)c1[nH]c(C)c(C(=O)COC(=O)CCN=C2NS(=O)(=O)c3ccccc32)c1C. The van der Waals surface area contributed by atoms with Gasteiger partial charge in [0.1, 0.15) is 11.5 Å². The van der Waals surface area contributed by atoms with Crippen LogP contribution in [0.5, 0.6) is 0 Å². The molecule has 0 amide bonds. The molecule has 0 saturated carbocycles. The summed E-state index contributed by atoms with van der Waals surface area (Å²) in [4.78, 5) is 43.6. The summed E-state index contributed by atoms with van der Waals surface area (Å²) in [6.45, 7) is 4.62. The number of nitrogens with one attached hydrogen (secondary N) is 2. The van der Waals surface area contributed by atoms with Gasteiger partial charge in [0.2, 0.25) is 5.78 Å². The Bertz CT molecular complexity index is 1210. The number of Topliss-reactive ketones (excluding diaryl/α,β-unsaturated/α-hetero) is 1. The molecular weight excluding hydrogens is 438 g/mol. The number of carbonyl (C=O) groups excluding carboxylic acids is 3. The highest BCUT2D eigenvalue weighted by atomic mass is 32.2. The highest BCUT2D eigenvalue weighted by molar-refractivity contribution is 7.90. The summed E-state index contributed by atoms with van der Waals surface area (Å²) in [5.41, 5.74) is 1.81. The third kappa shape index (κ3) is 4.72. The number of benzene rings is 1. The van der Waals surface area contributed by atoms with E-state index in [-0.39, 0.29) is 41.6 Å². The van der Waals surface area contributed by atoms with E-state index in [0.717, 1.165) is 0 Å². The number of ketones is 1. The zero-order valence-electron chi connectivity index (χ0n) is 17.9. The standard InChI is InChI=1S/C21H23N3O7S/c1-4-30-21(27)19-12(2)18(13(3)23-19)15(25)11-31-17(26)9-10-22-20-14-7-5-6-8-16(14)32(28,29)24-20/h5-8,23H,4,9-11H2,1-3H3,(H,22,24). The van der Waals surface area contributed by atoms with Gasteiger partial charge in [0.25, 0.3) is 10.0 Å². The first-order valence-electron chi connectivity index (χ1n) is 9.87. The third-order valence-electron chi connectivity index (χ3n) is 4.81. The van der Waals surface area contributed by atoms with Crippen molar-refractivity contribution in [3.05, 3.63) is 52.3 Å². The molecule has 0 aliphatic carbocycles. The Hall–Kier alpha value is -3.47. The second-order valence-corrected chi connectivity index (χ2v) is 8.66. The second-order valence-electron chi connectivity index (χ2n) is 7.01. The number of amidine groups is 1. The largest absolute Gasteiger partial charge is 0.461 e. The third-order valence-corrected chi connectivity index (χ3v) is 6.21. The van der Waals surface area contributed by atoms with E-state index >= 15 is 0 Å². The molecule has 1 aliphatic heterocycles. The zero-order chi connectivity index (χ0) is 23.5. The fourth-order valence-corrected chi connectivity index (χ4v) is 4.63. The Morgan fingerprint density at radius 1 is 1.09 bits per heavy atom. The van der Waals surface area contributed by atoms with Crippen LogP contribution in [0.3, 0.4) is 0 Å². The lowest BCUT2D eigenvalue weighted by Gasteiger charge is -2.05. The van der Waals surface area contributed by atoms with Crippen molar-refractivity contribution >= 4 is 33.6 Å². The van der Waals surface area contributed by atoms with Gasteiger partial charge in [-0.05, 0) is 38.5 Å². The lowest BCUT2D eigenvalue weighted by molar-refractivity contribution is -0.142. The maximum Gasteiger partial charge on any atom is 0.355 e. The molecule has 0 fully saturated rings. The van der Waals surface area contributed by atoms with Crippen LogP contribution < -0.4 is 4.72 Å². The first-order chi connectivity index (χ1) is 15.2. The molecule has 1 aromatic carbocycles. The predicted octanol–water partition coefficient (Wildman–Crippen LogP) is 1.66. The van der Waals surface area contributed by atoms with E-state index in [1.807, 2.05) is 0 Å². The number of ether oxygens (including phenoxy) is 2. The summed E-state index contributed by atoms with van der Waals surface area (Å²) >= 11 is 0.